The summed E-state index contributed by atoms with van der Waals surface area (Å²) in [6.45, 7) is 2.82. The Bertz CT molecular complexity index is 3810. The Labute approximate surface area is 464 Å². The number of thioether (sulfide) groups is 1. The van der Waals surface area contributed by atoms with Crippen molar-refractivity contribution in [3.63, 3.8) is 0 Å². The van der Waals surface area contributed by atoms with Crippen molar-refractivity contribution in [2.45, 2.75) is 24.0 Å². The normalized spacial score (nSPS) is 13.1. The topological polar surface area (TPSA) is 9.72 Å². The smallest absolute Gasteiger partial charge is 0.0461 e. The molecule has 0 spiro atoms. The van der Waals surface area contributed by atoms with Gasteiger partial charge in [0.1, 0.15) is 0 Å². The van der Waals surface area contributed by atoms with Crippen LogP contribution in [0.15, 0.2) is 325 Å². The first kappa shape index (κ1) is 49.5. The van der Waals surface area contributed by atoms with Gasteiger partial charge in [0.15, 0.2) is 0 Å². The summed E-state index contributed by atoms with van der Waals surface area (Å²) in [5.41, 5.74) is 22.4. The number of benzene rings is 10. The van der Waals surface area contributed by atoms with Gasteiger partial charge in [-0.3, -0.25) is 0 Å². The summed E-state index contributed by atoms with van der Waals surface area (Å²) in [7, 11) is 0. The van der Waals surface area contributed by atoms with E-state index in [9.17, 15) is 0 Å². The van der Waals surface area contributed by atoms with Crippen LogP contribution in [0.3, 0.4) is 0 Å². The minimum Gasteiger partial charge on any atom is -0.338 e. The van der Waals surface area contributed by atoms with Gasteiger partial charge in [0.05, 0.1) is 0 Å². The molecule has 0 bridgehead atoms. The molecule has 0 N–H and O–H groups in total. The number of hydrogen-bond acceptors (Lipinski definition) is 4. The van der Waals surface area contributed by atoms with Crippen LogP contribution in [-0.4, -0.2) is 6.54 Å². The Morgan fingerprint density at radius 2 is 0.872 bits per heavy atom. The number of rotatable bonds is 15. The molecule has 0 atom stereocenters. The Hall–Kier alpha value is -9.35. The van der Waals surface area contributed by atoms with E-state index in [1.807, 2.05) is 11.8 Å². The van der Waals surface area contributed by atoms with Gasteiger partial charge in [0, 0.05) is 69.1 Å². The van der Waals surface area contributed by atoms with Crippen LogP contribution in [0.1, 0.15) is 24.5 Å². The van der Waals surface area contributed by atoms with E-state index in [1.165, 1.54) is 71.8 Å². The first-order valence-corrected chi connectivity index (χ1v) is 27.8. The number of anilines is 5. The second-order valence-electron chi connectivity index (χ2n) is 19.6. The monoisotopic (exact) mass is 1020 g/mol. The predicted molar refractivity (Wildman–Crippen MR) is 333 cm³/mol. The summed E-state index contributed by atoms with van der Waals surface area (Å²) in [5.74, 6) is 0.967. The molecule has 12 rings (SSSR count). The lowest BCUT2D eigenvalue weighted by atomic mass is 9.95. The first-order chi connectivity index (χ1) is 38.6. The van der Waals surface area contributed by atoms with Gasteiger partial charge in [-0.1, -0.05) is 224 Å². The molecule has 0 saturated carbocycles. The van der Waals surface area contributed by atoms with Crippen LogP contribution >= 0.6 is 11.8 Å². The Morgan fingerprint density at radius 3 is 1.47 bits per heavy atom. The average molecular weight is 1020 g/mol. The van der Waals surface area contributed by atoms with Crippen molar-refractivity contribution in [3.05, 3.63) is 332 Å². The van der Waals surface area contributed by atoms with Gasteiger partial charge in [0.25, 0.3) is 0 Å². The second kappa shape index (κ2) is 23.3. The van der Waals surface area contributed by atoms with Crippen LogP contribution in [-0.2, 0) is 5.75 Å². The second-order valence-corrected chi connectivity index (χ2v) is 20.6. The molecule has 1 aliphatic carbocycles. The number of fused-ring (bicyclic) bond motifs is 3. The maximum Gasteiger partial charge on any atom is 0.0461 e. The molecule has 1 aliphatic heterocycles. The molecule has 0 fully saturated rings. The number of para-hydroxylation sites is 2. The number of allylic oxidation sites excluding steroid dienone is 7. The van der Waals surface area contributed by atoms with Crippen molar-refractivity contribution in [3.8, 4) is 44.5 Å². The Balaban J connectivity index is 0.997. The summed E-state index contributed by atoms with van der Waals surface area (Å²) < 4.78 is 0. The average Bonchev–Trinajstić information content (AvgIpc) is 3.79. The molecular weight excluding hydrogens is 963 g/mol. The summed E-state index contributed by atoms with van der Waals surface area (Å²) in [4.78, 5) is 8.61. The third-order valence-electron chi connectivity index (χ3n) is 14.7. The van der Waals surface area contributed by atoms with Crippen molar-refractivity contribution in [1.82, 2.24) is 0 Å². The number of nitrogens with zero attached hydrogens (tertiary/aromatic N) is 3. The zero-order valence-electron chi connectivity index (χ0n) is 43.7. The van der Waals surface area contributed by atoms with E-state index in [-0.39, 0.29) is 0 Å². The zero-order chi connectivity index (χ0) is 52.5. The first-order valence-electron chi connectivity index (χ1n) is 26.9. The number of hydrogen-bond donors (Lipinski definition) is 0. The third kappa shape index (κ3) is 10.9. The molecule has 1 heterocycles. The van der Waals surface area contributed by atoms with Crippen LogP contribution in [0.5, 0.6) is 0 Å². The quantitative estimate of drug-likeness (QED) is 0.0946. The highest BCUT2D eigenvalue weighted by Gasteiger charge is 2.22. The molecule has 4 heteroatoms. The minimum atomic E-state index is 0.571. The van der Waals surface area contributed by atoms with Gasteiger partial charge in [-0.05, 0) is 147 Å². The lowest BCUT2D eigenvalue weighted by Gasteiger charge is -2.32. The van der Waals surface area contributed by atoms with Gasteiger partial charge >= 0.3 is 0 Å². The molecule has 0 unspecified atom stereocenters. The molecule has 0 radical (unpaired) electrons. The molecular formula is C74H59N3S. The summed E-state index contributed by atoms with van der Waals surface area (Å²) in [5, 5.41) is 0. The maximum absolute atomic E-state index is 2.44. The predicted octanol–water partition coefficient (Wildman–Crippen LogP) is 20.2. The van der Waals surface area contributed by atoms with E-state index in [1.54, 1.807) is 0 Å². The molecule has 10 aromatic rings. The molecule has 3 nitrogen and oxygen atoms in total. The lowest BCUT2D eigenvalue weighted by Crippen LogP contribution is -2.23. The molecule has 78 heavy (non-hydrogen) atoms. The molecule has 2 aliphatic rings. The highest BCUT2D eigenvalue weighted by molar-refractivity contribution is 7.98. The van der Waals surface area contributed by atoms with E-state index >= 15 is 0 Å². The van der Waals surface area contributed by atoms with Crippen LogP contribution in [0.4, 0.5) is 28.4 Å². The maximum atomic E-state index is 2.44. The van der Waals surface area contributed by atoms with Gasteiger partial charge in [-0.25, -0.2) is 0 Å². The summed E-state index contributed by atoms with van der Waals surface area (Å²) in [6.07, 6.45) is 14.6. The van der Waals surface area contributed by atoms with E-state index < -0.39 is 0 Å². The summed E-state index contributed by atoms with van der Waals surface area (Å²) in [6, 6.07) is 96.3. The zero-order valence-corrected chi connectivity index (χ0v) is 44.6. The van der Waals surface area contributed by atoms with Crippen molar-refractivity contribution < 1.29 is 0 Å². The van der Waals surface area contributed by atoms with Crippen LogP contribution in [0, 0.1) is 0 Å². The molecule has 0 saturated heterocycles. The molecule has 10 aromatic carbocycles. The fourth-order valence-corrected chi connectivity index (χ4v) is 12.0. The molecule has 0 aromatic heterocycles. The van der Waals surface area contributed by atoms with Crippen molar-refractivity contribution in [1.29, 1.82) is 0 Å². The highest BCUT2D eigenvalue weighted by Crippen LogP contribution is 2.47. The van der Waals surface area contributed by atoms with Crippen molar-refractivity contribution in [2.24, 2.45) is 0 Å². The lowest BCUT2D eigenvalue weighted by molar-refractivity contribution is 1.00. The van der Waals surface area contributed by atoms with Crippen molar-refractivity contribution >= 4 is 45.8 Å². The van der Waals surface area contributed by atoms with E-state index in [0.717, 1.165) is 52.0 Å². The SMILES string of the molecule is C/C(=C\C(=C/CN(c1ccc(-c2ccccc2)cc1)c1ccc(-c2cccc3c2SCc2ccccc2-3)cc1)N(c1ccccc1)c1ccc(-c2ccccc2)cc1)N(C1=CC=C(c2ccccc2)C=CC1)c1ccccc1. The van der Waals surface area contributed by atoms with Gasteiger partial charge in [-0.2, -0.15) is 0 Å². The van der Waals surface area contributed by atoms with E-state index in [2.05, 4.69) is 325 Å². The van der Waals surface area contributed by atoms with E-state index in [0.29, 0.717) is 6.54 Å². The van der Waals surface area contributed by atoms with Crippen LogP contribution in [0.25, 0.3) is 50.1 Å². The standard InChI is InChI=1S/C74H59N3S/c1-55(76(66-29-13-5-14-30-66)68-33-19-28-59(39-48-68)56-21-7-2-8-22-56)53-70(77(67-31-15-6-16-32-67)69-49-40-61(41-50-69)58-25-11-4-12-26-58)51-52-75(64-44-37-60(38-45-64)57-23-9-3-10-24-57)65-46-42-62(43-47-65)72-35-20-36-73-71-34-18-17-27-63(71)54-78-74(72)73/h2-32,34-51,53H,33,52,54H2,1H3/b55-53+,70-51+. The minimum absolute atomic E-state index is 0.571. The van der Waals surface area contributed by atoms with Crippen LogP contribution in [0.2, 0.25) is 0 Å². The van der Waals surface area contributed by atoms with Crippen LogP contribution < -0.4 is 14.7 Å². The third-order valence-corrected chi connectivity index (χ3v) is 15.8. The Morgan fingerprint density at radius 1 is 0.410 bits per heavy atom. The van der Waals surface area contributed by atoms with Gasteiger partial charge in [0.2, 0.25) is 0 Å². The highest BCUT2D eigenvalue weighted by atomic mass is 32.2. The summed E-state index contributed by atoms with van der Waals surface area (Å²) >= 11 is 1.94. The van der Waals surface area contributed by atoms with Crippen molar-refractivity contribution in [2.75, 3.05) is 21.2 Å². The molecule has 0 amide bonds. The Kier molecular flexibility index (Phi) is 14.8. The molecule has 376 valence electrons. The largest absolute Gasteiger partial charge is 0.338 e. The van der Waals surface area contributed by atoms with Gasteiger partial charge < -0.3 is 14.7 Å². The van der Waals surface area contributed by atoms with Gasteiger partial charge in [-0.15, -0.1) is 11.8 Å². The van der Waals surface area contributed by atoms with E-state index in [4.69, 9.17) is 0 Å². The fourth-order valence-electron chi connectivity index (χ4n) is 10.8. The fraction of sp³-hybridized carbons (Fsp3) is 0.0541.